The van der Waals surface area contributed by atoms with E-state index < -0.39 is 22.9 Å². The van der Waals surface area contributed by atoms with Gasteiger partial charge in [0.05, 0.1) is 17.8 Å². The van der Waals surface area contributed by atoms with Crippen LogP contribution in [-0.4, -0.2) is 24.8 Å². The Morgan fingerprint density at radius 1 is 0.812 bits per heavy atom. The summed E-state index contributed by atoms with van der Waals surface area (Å²) >= 11 is 13.7. The molecule has 0 radical (unpaired) electrons. The number of thioether (sulfide) groups is 1. The summed E-state index contributed by atoms with van der Waals surface area (Å²) in [5.74, 6) is -1.82. The van der Waals surface area contributed by atoms with Gasteiger partial charge in [-0.25, -0.2) is 4.39 Å². The highest BCUT2D eigenvalue weighted by molar-refractivity contribution is 8.00. The molecule has 0 spiro atoms. The number of carbonyl (C=O) groups is 3. The van der Waals surface area contributed by atoms with Gasteiger partial charge in [-0.3, -0.25) is 14.4 Å². The van der Waals surface area contributed by atoms with Crippen LogP contribution >= 0.6 is 35.0 Å². The number of hydrogen-bond acceptors (Lipinski definition) is 5. The summed E-state index contributed by atoms with van der Waals surface area (Å²) in [7, 11) is 1.50. The van der Waals surface area contributed by atoms with Crippen LogP contribution in [0.4, 0.5) is 15.8 Å². The van der Waals surface area contributed by atoms with Crippen molar-refractivity contribution in [1.82, 2.24) is 5.32 Å². The zero-order valence-corrected chi connectivity index (χ0v) is 27.7. The van der Waals surface area contributed by atoms with Crippen molar-refractivity contribution in [1.29, 1.82) is 0 Å². The molecule has 5 rings (SSSR count). The first-order valence-corrected chi connectivity index (χ1v) is 16.1. The average Bonchev–Trinajstić information content (AvgIpc) is 3.09. The van der Waals surface area contributed by atoms with Crippen LogP contribution in [0.1, 0.15) is 26.7 Å². The Labute approximate surface area is 291 Å². The van der Waals surface area contributed by atoms with Crippen LogP contribution in [-0.2, 0) is 9.59 Å². The predicted octanol–water partition coefficient (Wildman–Crippen LogP) is 9.02. The lowest BCUT2D eigenvalue weighted by atomic mass is 10.1. The van der Waals surface area contributed by atoms with Gasteiger partial charge in [0.25, 0.3) is 11.8 Å². The number of hydrogen-bond donors (Lipinski definition) is 3. The van der Waals surface area contributed by atoms with E-state index in [1.54, 1.807) is 72.8 Å². The Bertz CT molecular complexity index is 1960. The van der Waals surface area contributed by atoms with E-state index in [0.717, 1.165) is 5.56 Å². The molecule has 1 atom stereocenters. The number of ether oxygens (including phenoxy) is 1. The summed E-state index contributed by atoms with van der Waals surface area (Å²) in [5.41, 5.74) is 1.54. The summed E-state index contributed by atoms with van der Waals surface area (Å²) in [4.78, 5) is 41.0. The molecule has 5 aromatic carbocycles. The van der Waals surface area contributed by atoms with E-state index >= 15 is 0 Å². The first kappa shape index (κ1) is 34.3. The molecular formula is C37H28Cl2FN3O4S. The lowest BCUT2D eigenvalue weighted by molar-refractivity contribution is -0.116. The Balaban J connectivity index is 1.41. The van der Waals surface area contributed by atoms with Crippen molar-refractivity contribution in [2.45, 2.75) is 10.1 Å². The van der Waals surface area contributed by atoms with Gasteiger partial charge in [-0.2, -0.15) is 0 Å². The molecule has 11 heteroatoms. The van der Waals surface area contributed by atoms with Crippen molar-refractivity contribution >= 4 is 70.1 Å². The maximum Gasteiger partial charge on any atom is 0.272 e. The van der Waals surface area contributed by atoms with Crippen molar-refractivity contribution in [3.05, 3.63) is 160 Å². The second kappa shape index (κ2) is 16.1. The van der Waals surface area contributed by atoms with Gasteiger partial charge in [-0.05, 0) is 72.3 Å². The van der Waals surface area contributed by atoms with Crippen LogP contribution in [0.2, 0.25) is 10.0 Å². The summed E-state index contributed by atoms with van der Waals surface area (Å²) in [6.07, 6.45) is 1.19. The number of nitrogens with one attached hydrogen (secondary N) is 3. The molecule has 0 aliphatic carbocycles. The molecule has 0 aliphatic heterocycles. The number of rotatable bonds is 11. The molecule has 0 saturated carbocycles. The Morgan fingerprint density at radius 3 is 2.23 bits per heavy atom. The molecule has 0 aromatic heterocycles. The van der Waals surface area contributed by atoms with Gasteiger partial charge >= 0.3 is 0 Å². The third kappa shape index (κ3) is 8.83. The first-order valence-electron chi connectivity index (χ1n) is 14.5. The van der Waals surface area contributed by atoms with Crippen molar-refractivity contribution in [3.63, 3.8) is 0 Å². The maximum absolute atomic E-state index is 14.7. The van der Waals surface area contributed by atoms with Gasteiger partial charge in [0.2, 0.25) is 5.91 Å². The molecule has 3 N–H and O–H groups in total. The van der Waals surface area contributed by atoms with Crippen LogP contribution in [0, 0.1) is 5.82 Å². The van der Waals surface area contributed by atoms with Gasteiger partial charge in [0.15, 0.2) is 0 Å². The molecule has 242 valence electrons. The number of halogens is 3. The minimum atomic E-state index is -0.717. The van der Waals surface area contributed by atoms with Crippen LogP contribution in [0.25, 0.3) is 6.08 Å². The summed E-state index contributed by atoms with van der Waals surface area (Å²) in [6.45, 7) is 0. The molecule has 3 amide bonds. The third-order valence-electron chi connectivity index (χ3n) is 6.92. The van der Waals surface area contributed by atoms with Crippen molar-refractivity contribution in [2.24, 2.45) is 0 Å². The average molecular weight is 701 g/mol. The highest BCUT2D eigenvalue weighted by atomic mass is 35.5. The fourth-order valence-corrected chi connectivity index (χ4v) is 6.07. The SMILES string of the molecule is COc1ccc(Cl)cc1NC(=O)C(Sc1cccc(NC(=O)/C(=C\c2c(F)cccc2Cl)NC(=O)c2ccccc2)c1)c1ccccc1. The lowest BCUT2D eigenvalue weighted by Gasteiger charge is -2.19. The van der Waals surface area contributed by atoms with E-state index in [2.05, 4.69) is 16.0 Å². The lowest BCUT2D eigenvalue weighted by Crippen LogP contribution is -2.30. The molecule has 0 bridgehead atoms. The minimum Gasteiger partial charge on any atom is -0.495 e. The topological polar surface area (TPSA) is 96.5 Å². The van der Waals surface area contributed by atoms with E-state index in [-0.39, 0.29) is 22.2 Å². The number of carbonyl (C=O) groups excluding carboxylic acids is 3. The quantitative estimate of drug-likeness (QED) is 0.0945. The first-order chi connectivity index (χ1) is 23.2. The molecule has 5 aromatic rings. The molecule has 0 aliphatic rings. The fourth-order valence-electron chi connectivity index (χ4n) is 4.59. The maximum atomic E-state index is 14.7. The normalized spacial score (nSPS) is 11.7. The van der Waals surface area contributed by atoms with Gasteiger partial charge in [0.1, 0.15) is 22.5 Å². The van der Waals surface area contributed by atoms with Crippen LogP contribution in [0.5, 0.6) is 5.75 Å². The zero-order chi connectivity index (χ0) is 34.0. The van der Waals surface area contributed by atoms with Crippen molar-refractivity contribution in [2.75, 3.05) is 17.7 Å². The highest BCUT2D eigenvalue weighted by Gasteiger charge is 2.24. The molecule has 48 heavy (non-hydrogen) atoms. The number of anilines is 2. The summed E-state index contributed by atoms with van der Waals surface area (Å²) < 4.78 is 20.1. The predicted molar refractivity (Wildman–Crippen MR) is 190 cm³/mol. The molecule has 0 heterocycles. The number of methoxy groups -OCH3 is 1. The highest BCUT2D eigenvalue weighted by Crippen LogP contribution is 2.38. The van der Waals surface area contributed by atoms with Gasteiger partial charge in [0, 0.05) is 26.7 Å². The summed E-state index contributed by atoms with van der Waals surface area (Å²) in [5, 5.41) is 8.06. The van der Waals surface area contributed by atoms with E-state index in [4.69, 9.17) is 27.9 Å². The molecule has 1 unspecified atom stereocenters. The van der Waals surface area contributed by atoms with E-state index in [0.29, 0.717) is 32.6 Å². The van der Waals surface area contributed by atoms with Crippen molar-refractivity contribution < 1.29 is 23.5 Å². The van der Waals surface area contributed by atoms with Gasteiger partial charge in [-0.1, -0.05) is 83.9 Å². The fraction of sp³-hybridized carbons (Fsp3) is 0.0541. The zero-order valence-electron chi connectivity index (χ0n) is 25.4. The number of benzene rings is 5. The van der Waals surface area contributed by atoms with Crippen LogP contribution in [0.3, 0.4) is 0 Å². The number of amides is 3. The van der Waals surface area contributed by atoms with E-state index in [9.17, 15) is 18.8 Å². The van der Waals surface area contributed by atoms with Crippen molar-refractivity contribution in [3.8, 4) is 5.75 Å². The molecular weight excluding hydrogens is 672 g/mol. The van der Waals surface area contributed by atoms with Gasteiger partial charge < -0.3 is 20.7 Å². The molecule has 0 fully saturated rings. The Hall–Kier alpha value is -5.09. The monoisotopic (exact) mass is 699 g/mol. The van der Waals surface area contributed by atoms with Crippen LogP contribution < -0.4 is 20.7 Å². The molecule has 7 nitrogen and oxygen atoms in total. The Kier molecular flexibility index (Phi) is 11.5. The second-order valence-electron chi connectivity index (χ2n) is 10.2. The standard InChI is InChI=1S/C37H28Cl2FN3O4S/c1-47-33-19-18-25(38)20-31(33)42-37(46)34(23-10-4-2-5-11-23)48-27-15-8-14-26(21-27)41-36(45)32(22-28-29(39)16-9-17-30(28)40)43-35(44)24-12-6-3-7-13-24/h2-22,34H,1H3,(H,41,45)(H,42,46)(H,43,44)/b32-22+. The third-order valence-corrected chi connectivity index (χ3v) is 8.74. The van der Waals surface area contributed by atoms with E-state index in [1.165, 1.54) is 43.1 Å². The summed E-state index contributed by atoms with van der Waals surface area (Å²) in [6, 6.07) is 33.5. The van der Waals surface area contributed by atoms with E-state index in [1.807, 2.05) is 30.3 Å². The van der Waals surface area contributed by atoms with Gasteiger partial charge in [-0.15, -0.1) is 11.8 Å². The smallest absolute Gasteiger partial charge is 0.272 e. The Morgan fingerprint density at radius 2 is 1.52 bits per heavy atom. The molecule has 0 saturated heterocycles. The minimum absolute atomic E-state index is 0.0602. The second-order valence-corrected chi connectivity index (χ2v) is 12.3. The largest absolute Gasteiger partial charge is 0.495 e. The van der Waals surface area contributed by atoms with Crippen LogP contribution in [0.15, 0.2) is 132 Å².